The van der Waals surface area contributed by atoms with Crippen LogP contribution in [0.1, 0.15) is 36.9 Å². The summed E-state index contributed by atoms with van der Waals surface area (Å²) >= 11 is 0. The molecule has 134 valence electrons. The predicted octanol–water partition coefficient (Wildman–Crippen LogP) is 3.05. The Kier molecular flexibility index (Phi) is 4.52. The first-order valence-electron chi connectivity index (χ1n) is 9.26. The molecule has 1 spiro atoms. The van der Waals surface area contributed by atoms with Crippen LogP contribution in [-0.4, -0.2) is 52.1 Å². The molecule has 1 fully saturated rings. The van der Waals surface area contributed by atoms with Crippen LogP contribution >= 0.6 is 0 Å². The largest absolute Gasteiger partial charge is 0.486 e. The number of nitrogens with one attached hydrogen (secondary N) is 1. The number of fused-ring (bicyclic) bond motifs is 1. The van der Waals surface area contributed by atoms with E-state index in [9.17, 15) is 0 Å². The van der Waals surface area contributed by atoms with Crippen molar-refractivity contribution in [1.82, 2.24) is 19.8 Å². The molecule has 1 aromatic heterocycles. The van der Waals surface area contributed by atoms with Gasteiger partial charge in [0.15, 0.2) is 0 Å². The normalized spacial score (nSPS) is 27.1. The number of para-hydroxylation sites is 1. The van der Waals surface area contributed by atoms with Gasteiger partial charge < -0.3 is 14.6 Å². The van der Waals surface area contributed by atoms with Gasteiger partial charge in [-0.2, -0.15) is 0 Å². The van der Waals surface area contributed by atoms with Gasteiger partial charge in [-0.15, -0.1) is 0 Å². The van der Waals surface area contributed by atoms with E-state index in [1.165, 1.54) is 18.4 Å². The number of benzene rings is 1. The summed E-state index contributed by atoms with van der Waals surface area (Å²) in [6.45, 7) is 2.78. The smallest absolute Gasteiger partial charge is 0.124 e. The summed E-state index contributed by atoms with van der Waals surface area (Å²) in [4.78, 5) is 12.3. The Morgan fingerprint density at radius 3 is 2.80 bits per heavy atom. The molecule has 0 radical (unpaired) electrons. The molecule has 5 heteroatoms. The number of aromatic amines is 1. The van der Waals surface area contributed by atoms with E-state index in [2.05, 4.69) is 58.1 Å². The van der Waals surface area contributed by atoms with Crippen molar-refractivity contribution in [2.75, 3.05) is 20.6 Å². The van der Waals surface area contributed by atoms with Crippen LogP contribution in [0.25, 0.3) is 0 Å². The van der Waals surface area contributed by atoms with Gasteiger partial charge in [-0.1, -0.05) is 18.2 Å². The van der Waals surface area contributed by atoms with Crippen molar-refractivity contribution in [1.29, 1.82) is 0 Å². The molecule has 1 aromatic carbocycles. The van der Waals surface area contributed by atoms with E-state index in [1.54, 1.807) is 6.33 Å². The Bertz CT molecular complexity index is 689. The van der Waals surface area contributed by atoms with Crippen molar-refractivity contribution < 1.29 is 4.74 Å². The number of H-pyrrole nitrogens is 1. The third kappa shape index (κ3) is 3.58. The van der Waals surface area contributed by atoms with Crippen molar-refractivity contribution in [2.45, 2.75) is 50.4 Å². The first-order chi connectivity index (χ1) is 12.1. The number of aromatic nitrogens is 2. The Hall–Kier alpha value is -1.85. The molecule has 0 saturated heterocycles. The first-order valence-corrected chi connectivity index (χ1v) is 9.26. The summed E-state index contributed by atoms with van der Waals surface area (Å²) in [6.07, 6.45) is 8.32. The zero-order valence-electron chi connectivity index (χ0n) is 15.2. The van der Waals surface area contributed by atoms with E-state index in [-0.39, 0.29) is 5.60 Å². The van der Waals surface area contributed by atoms with Crippen molar-refractivity contribution in [3.63, 3.8) is 0 Å². The maximum Gasteiger partial charge on any atom is 0.124 e. The molecule has 1 saturated carbocycles. The highest BCUT2D eigenvalue weighted by Gasteiger charge is 2.41. The number of ether oxygens (including phenoxy) is 1. The van der Waals surface area contributed by atoms with Crippen LogP contribution in [0.3, 0.4) is 0 Å². The van der Waals surface area contributed by atoms with Crippen molar-refractivity contribution in [3.8, 4) is 5.75 Å². The highest BCUT2D eigenvalue weighted by atomic mass is 16.5. The second-order valence-corrected chi connectivity index (χ2v) is 7.81. The lowest BCUT2D eigenvalue weighted by atomic mass is 9.81. The van der Waals surface area contributed by atoms with Gasteiger partial charge in [0.1, 0.15) is 11.4 Å². The monoisotopic (exact) mass is 340 g/mol. The fraction of sp³-hybridized carbons (Fsp3) is 0.550. The second-order valence-electron chi connectivity index (χ2n) is 7.81. The molecule has 0 bridgehead atoms. The fourth-order valence-corrected chi connectivity index (χ4v) is 4.33. The molecule has 1 aliphatic carbocycles. The molecular weight excluding hydrogens is 312 g/mol. The molecule has 1 aliphatic heterocycles. The first kappa shape index (κ1) is 16.6. The minimum atomic E-state index is -0.0703. The van der Waals surface area contributed by atoms with Crippen LogP contribution in [0.5, 0.6) is 5.75 Å². The number of hydrogen-bond donors (Lipinski definition) is 1. The maximum atomic E-state index is 6.68. The lowest BCUT2D eigenvalue weighted by molar-refractivity contribution is -0.0137. The Labute approximate surface area is 150 Å². The van der Waals surface area contributed by atoms with Crippen LogP contribution in [0.15, 0.2) is 36.8 Å². The summed E-state index contributed by atoms with van der Waals surface area (Å²) in [6, 6.07) is 9.20. The Morgan fingerprint density at radius 2 is 2.08 bits per heavy atom. The zero-order chi connectivity index (χ0) is 17.3. The molecule has 5 nitrogen and oxygen atoms in total. The summed E-state index contributed by atoms with van der Waals surface area (Å²) in [5, 5.41) is 0. The van der Waals surface area contributed by atoms with Gasteiger partial charge >= 0.3 is 0 Å². The van der Waals surface area contributed by atoms with E-state index in [4.69, 9.17) is 4.74 Å². The number of hydrogen-bond acceptors (Lipinski definition) is 4. The van der Waals surface area contributed by atoms with Gasteiger partial charge in [0.25, 0.3) is 0 Å². The number of nitrogens with zero attached hydrogens (tertiary/aromatic N) is 3. The molecule has 4 rings (SSSR count). The molecule has 2 aliphatic rings. The van der Waals surface area contributed by atoms with E-state index < -0.39 is 0 Å². The highest BCUT2D eigenvalue weighted by molar-refractivity contribution is 5.35. The standard InChI is InChI=1S/C20H28N4O/c1-23(2)18-7-9-20(10-8-18)14-24(13-17-11-21-15-22-17)12-16-5-3-4-6-19(16)25-20/h3-6,11,15,18H,7-10,12-14H2,1-2H3,(H,21,22). The van der Waals surface area contributed by atoms with Crippen LogP contribution in [0.4, 0.5) is 0 Å². The Balaban J connectivity index is 1.58. The minimum absolute atomic E-state index is 0.0703. The van der Waals surface area contributed by atoms with E-state index in [1.807, 2.05) is 6.20 Å². The van der Waals surface area contributed by atoms with Gasteiger partial charge in [0.05, 0.1) is 6.33 Å². The molecule has 0 amide bonds. The number of imidazole rings is 1. The molecule has 2 heterocycles. The molecular formula is C20H28N4O. The van der Waals surface area contributed by atoms with Crippen LogP contribution in [0.2, 0.25) is 0 Å². The van der Waals surface area contributed by atoms with Crippen molar-refractivity contribution >= 4 is 0 Å². The molecule has 25 heavy (non-hydrogen) atoms. The lowest BCUT2D eigenvalue weighted by Gasteiger charge is -2.43. The predicted molar refractivity (Wildman–Crippen MR) is 98.4 cm³/mol. The van der Waals surface area contributed by atoms with E-state index in [0.717, 1.165) is 43.9 Å². The molecule has 0 unspecified atom stereocenters. The summed E-state index contributed by atoms with van der Waals surface area (Å²) in [7, 11) is 4.38. The van der Waals surface area contributed by atoms with Gasteiger partial charge in [-0.25, -0.2) is 4.98 Å². The topological polar surface area (TPSA) is 44.4 Å². The summed E-state index contributed by atoms with van der Waals surface area (Å²) in [5.41, 5.74) is 2.38. The highest BCUT2D eigenvalue weighted by Crippen LogP contribution is 2.39. The average molecular weight is 340 g/mol. The van der Waals surface area contributed by atoms with Gasteiger partial charge in [0, 0.05) is 43.1 Å². The van der Waals surface area contributed by atoms with E-state index in [0.29, 0.717) is 6.04 Å². The van der Waals surface area contributed by atoms with Gasteiger partial charge in [0.2, 0.25) is 0 Å². The van der Waals surface area contributed by atoms with Crippen LogP contribution in [0, 0.1) is 0 Å². The van der Waals surface area contributed by atoms with Crippen molar-refractivity contribution in [2.24, 2.45) is 0 Å². The van der Waals surface area contributed by atoms with Crippen molar-refractivity contribution in [3.05, 3.63) is 48.0 Å². The molecule has 2 aromatic rings. The van der Waals surface area contributed by atoms with Gasteiger partial charge in [-0.3, -0.25) is 4.90 Å². The van der Waals surface area contributed by atoms with Crippen LogP contribution in [-0.2, 0) is 13.1 Å². The minimum Gasteiger partial charge on any atom is -0.486 e. The third-order valence-corrected chi connectivity index (χ3v) is 5.75. The lowest BCUT2D eigenvalue weighted by Crippen LogP contribution is -2.50. The number of rotatable bonds is 3. The average Bonchev–Trinajstić information content (AvgIpc) is 3.04. The summed E-state index contributed by atoms with van der Waals surface area (Å²) < 4.78 is 6.68. The SMILES string of the molecule is CN(C)C1CCC2(CC1)CN(Cc1cnc[nH]1)Cc1ccccc1O2. The van der Waals surface area contributed by atoms with E-state index >= 15 is 0 Å². The second kappa shape index (κ2) is 6.81. The third-order valence-electron chi connectivity index (χ3n) is 5.75. The Morgan fingerprint density at radius 1 is 1.28 bits per heavy atom. The zero-order valence-corrected chi connectivity index (χ0v) is 15.2. The molecule has 0 atom stereocenters. The quantitative estimate of drug-likeness (QED) is 0.933. The fourth-order valence-electron chi connectivity index (χ4n) is 4.33. The maximum absolute atomic E-state index is 6.68. The van der Waals surface area contributed by atoms with Crippen LogP contribution < -0.4 is 4.74 Å². The van der Waals surface area contributed by atoms with Gasteiger partial charge in [-0.05, 0) is 45.8 Å². The molecule has 1 N–H and O–H groups in total. The summed E-state index contributed by atoms with van der Waals surface area (Å²) in [5.74, 6) is 1.07.